The highest BCUT2D eigenvalue weighted by molar-refractivity contribution is 7.91. The maximum Gasteiger partial charge on any atom is 0.416 e. The van der Waals surface area contributed by atoms with Gasteiger partial charge in [-0.05, 0) is 36.8 Å². The number of primary amides is 1. The second-order valence-electron chi connectivity index (χ2n) is 5.80. The molecule has 0 aliphatic heterocycles. The molecule has 2 aromatic rings. The zero-order chi connectivity index (χ0) is 20.4. The van der Waals surface area contributed by atoms with Gasteiger partial charge in [-0.3, -0.25) is 14.3 Å². The number of anilines is 1. The summed E-state index contributed by atoms with van der Waals surface area (Å²) >= 11 is 0. The molecule has 27 heavy (non-hydrogen) atoms. The summed E-state index contributed by atoms with van der Waals surface area (Å²) in [7, 11) is -4.08. The van der Waals surface area contributed by atoms with Gasteiger partial charge in [0.2, 0.25) is 15.9 Å². The highest BCUT2D eigenvalue weighted by Crippen LogP contribution is 2.29. The number of nitrogens with one attached hydrogen (secondary N) is 1. The second-order valence-corrected chi connectivity index (χ2v) is 7.52. The first kappa shape index (κ1) is 20.5. The largest absolute Gasteiger partial charge is 0.416 e. The van der Waals surface area contributed by atoms with Crippen LogP contribution in [-0.4, -0.2) is 18.9 Å². The molecular formula is C16H16F3N3O4S. The zero-order valence-electron chi connectivity index (χ0n) is 14.1. The molecule has 2 rings (SSSR count). The summed E-state index contributed by atoms with van der Waals surface area (Å²) in [6.45, 7) is 1.13. The van der Waals surface area contributed by atoms with Gasteiger partial charge in [0.25, 0.3) is 5.56 Å². The number of amides is 1. The van der Waals surface area contributed by atoms with Crippen LogP contribution in [0.5, 0.6) is 0 Å². The molecule has 0 saturated heterocycles. The Bertz CT molecular complexity index is 1010. The van der Waals surface area contributed by atoms with Gasteiger partial charge in [0.05, 0.1) is 11.3 Å². The number of sulfonamides is 1. The molecule has 0 radical (unpaired) electrons. The highest BCUT2D eigenvalue weighted by Gasteiger charge is 2.30. The Morgan fingerprint density at radius 3 is 2.26 bits per heavy atom. The fourth-order valence-electron chi connectivity index (χ4n) is 2.31. The van der Waals surface area contributed by atoms with E-state index in [-0.39, 0.29) is 11.3 Å². The molecule has 0 fully saturated rings. The number of rotatable bonds is 6. The van der Waals surface area contributed by atoms with Gasteiger partial charge in [0, 0.05) is 5.69 Å². The average Bonchev–Trinajstić information content (AvgIpc) is 2.53. The lowest BCUT2D eigenvalue weighted by Gasteiger charge is -2.12. The van der Waals surface area contributed by atoms with Crippen molar-refractivity contribution in [2.75, 3.05) is 4.72 Å². The predicted octanol–water partition coefficient (Wildman–Crippen LogP) is 1.60. The van der Waals surface area contributed by atoms with Gasteiger partial charge in [-0.15, -0.1) is 0 Å². The van der Waals surface area contributed by atoms with E-state index in [0.717, 1.165) is 28.8 Å². The quantitative estimate of drug-likeness (QED) is 0.763. The molecule has 0 aliphatic rings. The summed E-state index contributed by atoms with van der Waals surface area (Å²) in [5, 5.41) is 0. The van der Waals surface area contributed by atoms with Crippen molar-refractivity contribution >= 4 is 21.6 Å². The van der Waals surface area contributed by atoms with Crippen molar-refractivity contribution in [2.24, 2.45) is 5.73 Å². The van der Waals surface area contributed by atoms with Gasteiger partial charge >= 0.3 is 6.18 Å². The van der Waals surface area contributed by atoms with Crippen LogP contribution < -0.4 is 16.0 Å². The normalized spacial score (nSPS) is 12.0. The highest BCUT2D eigenvalue weighted by atomic mass is 32.2. The van der Waals surface area contributed by atoms with Gasteiger partial charge in [0.15, 0.2) is 0 Å². The topological polar surface area (TPSA) is 111 Å². The van der Waals surface area contributed by atoms with E-state index in [4.69, 9.17) is 5.73 Å². The van der Waals surface area contributed by atoms with Crippen molar-refractivity contribution in [1.82, 2.24) is 4.57 Å². The summed E-state index contributed by atoms with van der Waals surface area (Å²) < 4.78 is 65.2. The third kappa shape index (κ3) is 5.33. The number of benzene rings is 1. The van der Waals surface area contributed by atoms with Gasteiger partial charge in [-0.1, -0.05) is 12.1 Å². The molecule has 11 heteroatoms. The van der Waals surface area contributed by atoms with Crippen LogP contribution in [0.1, 0.15) is 16.8 Å². The molecule has 1 aromatic carbocycles. The smallest absolute Gasteiger partial charge is 0.368 e. The van der Waals surface area contributed by atoms with E-state index >= 15 is 0 Å². The van der Waals surface area contributed by atoms with Crippen molar-refractivity contribution in [3.63, 3.8) is 0 Å². The number of hydrogen-bond donors (Lipinski definition) is 2. The van der Waals surface area contributed by atoms with Crippen LogP contribution in [0.15, 0.2) is 41.2 Å². The molecule has 0 unspecified atom stereocenters. The molecule has 0 saturated carbocycles. The van der Waals surface area contributed by atoms with Gasteiger partial charge in [-0.2, -0.15) is 13.2 Å². The number of carbonyl (C=O) groups excluding carboxylic acids is 1. The number of aromatic nitrogens is 1. The summed E-state index contributed by atoms with van der Waals surface area (Å²) in [6.07, 6.45) is -4.52. The third-order valence-corrected chi connectivity index (χ3v) is 4.85. The molecule has 3 N–H and O–H groups in total. The molecule has 0 atom stereocenters. The number of pyridine rings is 1. The summed E-state index contributed by atoms with van der Waals surface area (Å²) in [5.74, 6) is -1.40. The zero-order valence-corrected chi connectivity index (χ0v) is 14.9. The predicted molar refractivity (Wildman–Crippen MR) is 92.3 cm³/mol. The number of alkyl halides is 3. The van der Waals surface area contributed by atoms with Gasteiger partial charge in [0.1, 0.15) is 12.2 Å². The minimum Gasteiger partial charge on any atom is -0.368 e. The van der Waals surface area contributed by atoms with Crippen molar-refractivity contribution in [3.05, 3.63) is 63.6 Å². The Morgan fingerprint density at radius 1 is 1.15 bits per heavy atom. The van der Waals surface area contributed by atoms with Crippen LogP contribution in [0.25, 0.3) is 0 Å². The first-order chi connectivity index (χ1) is 12.4. The number of halogens is 3. The van der Waals surface area contributed by atoms with Crippen LogP contribution in [0, 0.1) is 6.92 Å². The minimum absolute atomic E-state index is 0.111. The number of nitrogens with two attached hydrogens (primary N) is 1. The van der Waals surface area contributed by atoms with Crippen LogP contribution >= 0.6 is 0 Å². The summed E-state index contributed by atoms with van der Waals surface area (Å²) in [5.41, 5.74) is 3.63. The fourth-order valence-corrected chi connectivity index (χ4v) is 3.51. The second kappa shape index (κ2) is 7.43. The minimum atomic E-state index is -4.52. The maximum atomic E-state index is 12.5. The Morgan fingerprint density at radius 2 is 1.74 bits per heavy atom. The van der Waals surface area contributed by atoms with E-state index in [1.54, 1.807) is 6.92 Å². The average molecular weight is 403 g/mol. The number of aryl methyl sites for hydroxylation is 1. The van der Waals surface area contributed by atoms with Crippen LogP contribution in [0.2, 0.25) is 0 Å². The molecule has 0 bridgehead atoms. The van der Waals surface area contributed by atoms with E-state index in [1.807, 2.05) is 0 Å². The lowest BCUT2D eigenvalue weighted by Crippen LogP contribution is -2.32. The standard InChI is InChI=1S/C16H16F3N3O4S/c1-10-2-7-13(15(24)22(10)8-14(20)23)21-27(25,26)9-11-3-5-12(6-4-11)16(17,18)19/h2-7,21H,8-9H2,1H3,(H2,20,23). The Hall–Kier alpha value is -2.82. The van der Waals surface area contributed by atoms with E-state index < -0.39 is 45.5 Å². The van der Waals surface area contributed by atoms with Gasteiger partial charge < -0.3 is 10.3 Å². The molecule has 1 aromatic heterocycles. The Labute approximate surface area is 152 Å². The van der Waals surface area contributed by atoms with E-state index in [2.05, 4.69) is 4.72 Å². The first-order valence-corrected chi connectivity index (χ1v) is 9.19. The first-order valence-electron chi connectivity index (χ1n) is 7.54. The van der Waals surface area contributed by atoms with Crippen molar-refractivity contribution in [2.45, 2.75) is 25.4 Å². The van der Waals surface area contributed by atoms with Crippen molar-refractivity contribution in [1.29, 1.82) is 0 Å². The van der Waals surface area contributed by atoms with Crippen LogP contribution in [0.3, 0.4) is 0 Å². The molecule has 0 spiro atoms. The van der Waals surface area contributed by atoms with E-state index in [0.29, 0.717) is 5.69 Å². The van der Waals surface area contributed by atoms with Crippen LogP contribution in [-0.2, 0) is 33.3 Å². The van der Waals surface area contributed by atoms with Gasteiger partial charge in [-0.25, -0.2) is 8.42 Å². The summed E-state index contributed by atoms with van der Waals surface area (Å²) in [6, 6.07) is 6.30. The lowest BCUT2D eigenvalue weighted by molar-refractivity contribution is -0.137. The molecular weight excluding hydrogens is 387 g/mol. The molecule has 1 amide bonds. The monoisotopic (exact) mass is 403 g/mol. The van der Waals surface area contributed by atoms with Crippen molar-refractivity contribution in [3.8, 4) is 0 Å². The SMILES string of the molecule is Cc1ccc(NS(=O)(=O)Cc2ccc(C(F)(F)F)cc2)c(=O)n1CC(N)=O. The summed E-state index contributed by atoms with van der Waals surface area (Å²) in [4.78, 5) is 23.4. The Balaban J connectivity index is 2.24. The maximum absolute atomic E-state index is 12.5. The third-order valence-electron chi connectivity index (χ3n) is 3.61. The van der Waals surface area contributed by atoms with Crippen LogP contribution in [0.4, 0.5) is 18.9 Å². The van der Waals surface area contributed by atoms with Crippen molar-refractivity contribution < 1.29 is 26.4 Å². The molecule has 1 heterocycles. The lowest BCUT2D eigenvalue weighted by atomic mass is 10.1. The molecule has 146 valence electrons. The number of carbonyl (C=O) groups is 1. The fraction of sp³-hybridized carbons (Fsp3) is 0.250. The molecule has 0 aliphatic carbocycles. The van der Waals surface area contributed by atoms with E-state index in [9.17, 15) is 31.2 Å². The number of nitrogens with zero attached hydrogens (tertiary/aromatic N) is 1. The number of hydrogen-bond acceptors (Lipinski definition) is 4. The Kier molecular flexibility index (Phi) is 5.64. The van der Waals surface area contributed by atoms with E-state index in [1.165, 1.54) is 12.1 Å². The molecule has 7 nitrogen and oxygen atoms in total.